The maximum absolute atomic E-state index is 12.3. The molecular weight excluding hydrogens is 288 g/mol. The van der Waals surface area contributed by atoms with Crippen molar-refractivity contribution >= 4 is 33.0 Å². The highest BCUT2D eigenvalue weighted by Gasteiger charge is 2.43. The summed E-state index contributed by atoms with van der Waals surface area (Å²) < 4.78 is 27.6. The Balaban J connectivity index is 2.76. The number of carbonyl (C=O) groups excluding carboxylic acids is 1. The lowest BCUT2D eigenvalue weighted by atomic mass is 9.79. The number of sulfone groups is 1. The van der Waals surface area contributed by atoms with Gasteiger partial charge in [0.1, 0.15) is 15.3 Å². The molecule has 1 rings (SSSR count). The van der Waals surface area contributed by atoms with E-state index in [1.165, 1.54) is 0 Å². The summed E-state index contributed by atoms with van der Waals surface area (Å²) in [5, 5.41) is 2.69. The first-order valence-corrected chi connectivity index (χ1v) is 8.50. The number of rotatable bonds is 5. The quantitative estimate of drug-likeness (QED) is 0.672. The van der Waals surface area contributed by atoms with Gasteiger partial charge in [-0.1, -0.05) is 12.2 Å². The van der Waals surface area contributed by atoms with Gasteiger partial charge in [-0.25, -0.2) is 8.42 Å². The zero-order chi connectivity index (χ0) is 14.7. The van der Waals surface area contributed by atoms with Crippen LogP contribution in [0, 0.1) is 5.41 Å². The van der Waals surface area contributed by atoms with Crippen molar-refractivity contribution in [2.45, 2.75) is 25.8 Å². The molecule has 1 fully saturated rings. The lowest BCUT2D eigenvalue weighted by Crippen LogP contribution is -2.54. The average molecular weight is 308 g/mol. The van der Waals surface area contributed by atoms with E-state index in [9.17, 15) is 13.2 Å². The van der Waals surface area contributed by atoms with Gasteiger partial charge in [0, 0.05) is 25.5 Å². The summed E-state index contributed by atoms with van der Waals surface area (Å²) in [5.41, 5.74) is 4.79. The highest BCUT2D eigenvalue weighted by atomic mass is 32.2. The molecule has 1 aliphatic heterocycles. The zero-order valence-electron chi connectivity index (χ0n) is 11.1. The van der Waals surface area contributed by atoms with E-state index in [4.69, 9.17) is 22.7 Å². The molecule has 1 saturated heterocycles. The second kappa shape index (κ2) is 6.15. The molecule has 0 spiro atoms. The number of ether oxygens (including phenoxy) is 1. The molecule has 0 aromatic heterocycles. The zero-order valence-corrected chi connectivity index (χ0v) is 12.8. The number of nitrogens with two attached hydrogens (primary N) is 1. The molecule has 1 aliphatic rings. The smallest absolute Gasteiger partial charge is 0.233 e. The number of hydrogen-bond acceptors (Lipinski definition) is 5. The van der Waals surface area contributed by atoms with Gasteiger partial charge in [-0.05, 0) is 19.8 Å². The van der Waals surface area contributed by atoms with Gasteiger partial charge in [-0.15, -0.1) is 0 Å². The van der Waals surface area contributed by atoms with Gasteiger partial charge in [0.25, 0.3) is 0 Å². The van der Waals surface area contributed by atoms with Crippen LogP contribution in [0.1, 0.15) is 19.8 Å². The van der Waals surface area contributed by atoms with Crippen molar-refractivity contribution in [3.05, 3.63) is 0 Å². The standard InChI is InChI=1S/C11H20N2O4S2/c1-8(7-19(2,15)16)13-10(14)11(9(12)18)3-5-17-6-4-11/h8H,3-7H2,1-2H3,(H2,12,18)(H,13,14). The summed E-state index contributed by atoms with van der Waals surface area (Å²) in [6.07, 6.45) is 1.99. The summed E-state index contributed by atoms with van der Waals surface area (Å²) in [4.78, 5) is 12.5. The third-order valence-electron chi connectivity index (χ3n) is 3.18. The highest BCUT2D eigenvalue weighted by molar-refractivity contribution is 7.90. The van der Waals surface area contributed by atoms with Crippen LogP contribution in [-0.2, 0) is 19.4 Å². The summed E-state index contributed by atoms with van der Waals surface area (Å²) in [5.74, 6) is -0.415. The maximum Gasteiger partial charge on any atom is 0.233 e. The van der Waals surface area contributed by atoms with Crippen molar-refractivity contribution in [1.29, 1.82) is 0 Å². The van der Waals surface area contributed by atoms with Crippen LogP contribution in [0.5, 0.6) is 0 Å². The number of hydrogen-bond donors (Lipinski definition) is 2. The van der Waals surface area contributed by atoms with Crippen molar-refractivity contribution in [3.8, 4) is 0 Å². The predicted molar refractivity (Wildman–Crippen MR) is 76.6 cm³/mol. The first-order valence-electron chi connectivity index (χ1n) is 6.04. The Morgan fingerprint density at radius 2 is 2.00 bits per heavy atom. The Bertz CT molecular complexity index is 455. The second-order valence-corrected chi connectivity index (χ2v) is 7.65. The fourth-order valence-electron chi connectivity index (χ4n) is 2.16. The van der Waals surface area contributed by atoms with Gasteiger partial charge < -0.3 is 15.8 Å². The van der Waals surface area contributed by atoms with Crippen LogP contribution in [0.3, 0.4) is 0 Å². The topological polar surface area (TPSA) is 98.5 Å². The Hall–Kier alpha value is -0.730. The molecule has 1 atom stereocenters. The van der Waals surface area contributed by atoms with Crippen LogP contribution >= 0.6 is 12.2 Å². The largest absolute Gasteiger partial charge is 0.392 e. The van der Waals surface area contributed by atoms with Crippen molar-refractivity contribution in [3.63, 3.8) is 0 Å². The van der Waals surface area contributed by atoms with Crippen molar-refractivity contribution < 1.29 is 17.9 Å². The third kappa shape index (κ3) is 4.39. The SMILES string of the molecule is CC(CS(C)(=O)=O)NC(=O)C1(C(N)=S)CCOCC1. The Kier molecular flexibility index (Phi) is 5.28. The van der Waals surface area contributed by atoms with E-state index in [-0.39, 0.29) is 16.6 Å². The van der Waals surface area contributed by atoms with Crippen molar-refractivity contribution in [1.82, 2.24) is 5.32 Å². The lowest BCUT2D eigenvalue weighted by molar-refractivity contribution is -0.131. The fraction of sp³-hybridized carbons (Fsp3) is 0.818. The maximum atomic E-state index is 12.3. The highest BCUT2D eigenvalue weighted by Crippen LogP contribution is 2.31. The van der Waals surface area contributed by atoms with Crippen LogP contribution in [-0.4, -0.2) is 50.6 Å². The molecule has 6 nitrogen and oxygen atoms in total. The average Bonchev–Trinajstić information content (AvgIpc) is 2.26. The summed E-state index contributed by atoms with van der Waals surface area (Å²) in [7, 11) is -3.14. The van der Waals surface area contributed by atoms with Crippen LogP contribution in [0.4, 0.5) is 0 Å². The normalized spacial score (nSPS) is 20.5. The molecule has 0 aromatic rings. The van der Waals surface area contributed by atoms with Gasteiger partial charge in [0.05, 0.1) is 10.7 Å². The lowest BCUT2D eigenvalue weighted by Gasteiger charge is -2.35. The van der Waals surface area contributed by atoms with Crippen LogP contribution in [0.15, 0.2) is 0 Å². The molecule has 110 valence electrons. The van der Waals surface area contributed by atoms with Crippen molar-refractivity contribution in [2.24, 2.45) is 11.1 Å². The van der Waals surface area contributed by atoms with E-state index in [0.29, 0.717) is 26.1 Å². The van der Waals surface area contributed by atoms with Gasteiger partial charge in [0.15, 0.2) is 0 Å². The van der Waals surface area contributed by atoms with Crippen LogP contribution in [0.25, 0.3) is 0 Å². The molecule has 0 saturated carbocycles. The summed E-state index contributed by atoms with van der Waals surface area (Å²) in [6, 6.07) is -0.475. The van der Waals surface area contributed by atoms with Crippen LogP contribution in [0.2, 0.25) is 0 Å². The summed E-state index contributed by atoms with van der Waals surface area (Å²) >= 11 is 5.01. The molecule has 1 amide bonds. The Morgan fingerprint density at radius 3 is 2.42 bits per heavy atom. The van der Waals surface area contributed by atoms with Gasteiger partial charge >= 0.3 is 0 Å². The van der Waals surface area contributed by atoms with E-state index >= 15 is 0 Å². The molecule has 0 aliphatic carbocycles. The molecule has 3 N–H and O–H groups in total. The first kappa shape index (κ1) is 16.3. The number of thiocarbonyl (C=S) groups is 1. The van der Waals surface area contributed by atoms with Gasteiger partial charge in [-0.2, -0.15) is 0 Å². The van der Waals surface area contributed by atoms with E-state index in [1.807, 2.05) is 0 Å². The third-order valence-corrected chi connectivity index (χ3v) is 4.68. The molecule has 19 heavy (non-hydrogen) atoms. The monoisotopic (exact) mass is 308 g/mol. The molecular formula is C11H20N2O4S2. The molecule has 8 heteroatoms. The molecule has 0 aromatic carbocycles. The first-order chi connectivity index (χ1) is 8.67. The number of amides is 1. The fourth-order valence-corrected chi connectivity index (χ4v) is 3.45. The minimum atomic E-state index is -3.14. The van der Waals surface area contributed by atoms with Gasteiger partial charge in [0.2, 0.25) is 5.91 Å². The summed E-state index contributed by atoms with van der Waals surface area (Å²) in [6.45, 7) is 2.49. The minimum Gasteiger partial charge on any atom is -0.392 e. The van der Waals surface area contributed by atoms with E-state index in [1.54, 1.807) is 6.92 Å². The minimum absolute atomic E-state index is 0.108. The molecule has 1 unspecified atom stereocenters. The van der Waals surface area contributed by atoms with E-state index < -0.39 is 21.3 Å². The molecule has 0 radical (unpaired) electrons. The van der Waals surface area contributed by atoms with Gasteiger partial charge in [-0.3, -0.25) is 4.79 Å². The number of nitrogens with one attached hydrogen (secondary N) is 1. The van der Waals surface area contributed by atoms with Crippen molar-refractivity contribution in [2.75, 3.05) is 25.2 Å². The Morgan fingerprint density at radius 1 is 1.47 bits per heavy atom. The van der Waals surface area contributed by atoms with Crippen LogP contribution < -0.4 is 11.1 Å². The Labute approximate surface area is 119 Å². The molecule has 1 heterocycles. The predicted octanol–water partition coefficient (Wildman–Crippen LogP) is -0.381. The second-order valence-electron chi connectivity index (χ2n) is 5.03. The van der Waals surface area contributed by atoms with E-state index in [2.05, 4.69) is 5.32 Å². The molecule has 0 bridgehead atoms. The van der Waals surface area contributed by atoms with E-state index in [0.717, 1.165) is 6.26 Å². The number of carbonyl (C=O) groups is 1.